The normalized spacial score (nSPS) is 28.9. The van der Waals surface area contributed by atoms with Crippen LogP contribution in [0.3, 0.4) is 0 Å². The van der Waals surface area contributed by atoms with Crippen LogP contribution in [0.4, 0.5) is 0 Å². The number of nitrogens with zero attached hydrogens (tertiary/aromatic N) is 1. The summed E-state index contributed by atoms with van der Waals surface area (Å²) in [5.74, 6) is 0.723. The van der Waals surface area contributed by atoms with Crippen LogP contribution in [0, 0.1) is 19.8 Å². The Kier molecular flexibility index (Phi) is 4.24. The number of benzene rings is 2. The van der Waals surface area contributed by atoms with Crippen LogP contribution in [0.25, 0.3) is 0 Å². The molecule has 4 atom stereocenters. The fourth-order valence-electron chi connectivity index (χ4n) is 5.06. The summed E-state index contributed by atoms with van der Waals surface area (Å²) in [4.78, 5) is 16.0. The first-order valence-corrected chi connectivity index (χ1v) is 9.44. The first-order valence-electron chi connectivity index (χ1n) is 9.44. The molecule has 0 N–H and O–H groups in total. The first-order chi connectivity index (χ1) is 12.0. The summed E-state index contributed by atoms with van der Waals surface area (Å²) < 4.78 is 0. The predicted molar refractivity (Wildman–Crippen MR) is 102 cm³/mol. The van der Waals surface area contributed by atoms with Crippen LogP contribution >= 0.6 is 0 Å². The zero-order valence-electron chi connectivity index (χ0n) is 15.4. The van der Waals surface area contributed by atoms with E-state index in [9.17, 15) is 4.79 Å². The lowest BCUT2D eigenvalue weighted by Gasteiger charge is -2.42. The van der Waals surface area contributed by atoms with Crippen molar-refractivity contribution in [1.29, 1.82) is 0 Å². The summed E-state index contributed by atoms with van der Waals surface area (Å²) in [6.07, 6.45) is 3.46. The van der Waals surface area contributed by atoms with E-state index in [1.165, 1.54) is 17.5 Å². The van der Waals surface area contributed by atoms with E-state index >= 15 is 0 Å². The van der Waals surface area contributed by atoms with Gasteiger partial charge in [0, 0.05) is 23.6 Å². The maximum absolute atomic E-state index is 13.5. The molecule has 2 aliphatic rings. The van der Waals surface area contributed by atoms with Crippen molar-refractivity contribution in [3.63, 3.8) is 0 Å². The van der Waals surface area contributed by atoms with Crippen molar-refractivity contribution in [2.75, 3.05) is 7.05 Å². The molecule has 2 bridgehead atoms. The molecule has 2 fully saturated rings. The number of ketones is 1. The van der Waals surface area contributed by atoms with E-state index in [4.69, 9.17) is 0 Å². The molecule has 0 aromatic heterocycles. The topological polar surface area (TPSA) is 20.3 Å². The maximum Gasteiger partial charge on any atom is 0.168 e. The van der Waals surface area contributed by atoms with E-state index < -0.39 is 0 Å². The Morgan fingerprint density at radius 1 is 1.00 bits per heavy atom. The standard InChI is InChI=1S/C23H27NO/c1-15-6-4-8-17(12-15)20-14-19-10-11-21(24(19)3)22(20)23(25)18-9-5-7-16(2)13-18/h4-9,12-13,19-22H,10-11,14H2,1-3H3/t19-,20?,21?,22+/m1/s1. The van der Waals surface area contributed by atoms with Crippen molar-refractivity contribution in [1.82, 2.24) is 4.90 Å². The second-order valence-electron chi connectivity index (χ2n) is 7.98. The lowest BCUT2D eigenvalue weighted by atomic mass is 9.72. The highest BCUT2D eigenvalue weighted by Gasteiger charge is 2.48. The number of rotatable bonds is 3. The third kappa shape index (κ3) is 2.93. The lowest BCUT2D eigenvalue weighted by Crippen LogP contribution is -2.48. The summed E-state index contributed by atoms with van der Waals surface area (Å²) in [5, 5.41) is 0. The minimum Gasteiger partial charge on any atom is -0.300 e. The molecule has 2 aliphatic heterocycles. The van der Waals surface area contributed by atoms with E-state index in [0.29, 0.717) is 23.8 Å². The summed E-state index contributed by atoms with van der Waals surface area (Å²) in [6.45, 7) is 4.21. The molecule has 2 heterocycles. The number of Topliss-reactive ketones (excluding diaryl/α,β-unsaturated/α-hetero) is 1. The van der Waals surface area contributed by atoms with Gasteiger partial charge in [-0.05, 0) is 57.7 Å². The van der Waals surface area contributed by atoms with Crippen LogP contribution in [0.5, 0.6) is 0 Å². The number of aryl methyl sites for hydroxylation is 2. The van der Waals surface area contributed by atoms with Crippen molar-refractivity contribution < 1.29 is 4.79 Å². The Bertz CT molecular complexity index is 796. The van der Waals surface area contributed by atoms with Gasteiger partial charge in [-0.1, -0.05) is 53.6 Å². The van der Waals surface area contributed by atoms with Gasteiger partial charge in [0.1, 0.15) is 0 Å². The predicted octanol–water partition coefficient (Wildman–Crippen LogP) is 4.75. The van der Waals surface area contributed by atoms with Gasteiger partial charge in [-0.3, -0.25) is 9.69 Å². The van der Waals surface area contributed by atoms with E-state index in [0.717, 1.165) is 24.0 Å². The van der Waals surface area contributed by atoms with Gasteiger partial charge in [-0.25, -0.2) is 0 Å². The molecule has 0 saturated carbocycles. The van der Waals surface area contributed by atoms with E-state index in [1.54, 1.807) is 0 Å². The number of fused-ring (bicyclic) bond motifs is 2. The van der Waals surface area contributed by atoms with Crippen LogP contribution in [0.15, 0.2) is 48.5 Å². The molecule has 2 unspecified atom stereocenters. The Morgan fingerprint density at radius 3 is 2.44 bits per heavy atom. The van der Waals surface area contributed by atoms with Crippen LogP contribution in [0.2, 0.25) is 0 Å². The van der Waals surface area contributed by atoms with Gasteiger partial charge in [0.05, 0.1) is 0 Å². The van der Waals surface area contributed by atoms with Crippen LogP contribution < -0.4 is 0 Å². The largest absolute Gasteiger partial charge is 0.300 e. The van der Waals surface area contributed by atoms with Crippen LogP contribution in [-0.2, 0) is 0 Å². The third-order valence-electron chi connectivity index (χ3n) is 6.34. The molecular weight excluding hydrogens is 306 g/mol. The summed E-state index contributed by atoms with van der Waals surface area (Å²) in [6, 6.07) is 17.9. The van der Waals surface area contributed by atoms with Crippen molar-refractivity contribution in [3.05, 3.63) is 70.8 Å². The molecule has 0 aliphatic carbocycles. The van der Waals surface area contributed by atoms with E-state index in [1.807, 2.05) is 12.1 Å². The number of carbonyl (C=O) groups is 1. The maximum atomic E-state index is 13.5. The molecule has 2 saturated heterocycles. The minimum atomic E-state index is 0.0624. The number of piperidine rings is 1. The summed E-state index contributed by atoms with van der Waals surface area (Å²) >= 11 is 0. The quantitative estimate of drug-likeness (QED) is 0.755. The number of carbonyl (C=O) groups excluding carboxylic acids is 1. The molecule has 0 amide bonds. The molecule has 130 valence electrons. The van der Waals surface area contributed by atoms with Gasteiger partial charge in [0.2, 0.25) is 0 Å². The molecule has 2 aromatic rings. The van der Waals surface area contributed by atoms with Gasteiger partial charge < -0.3 is 0 Å². The fourth-order valence-corrected chi connectivity index (χ4v) is 5.06. The molecule has 0 spiro atoms. The molecule has 25 heavy (non-hydrogen) atoms. The molecule has 2 aromatic carbocycles. The Labute approximate surface area is 150 Å². The Morgan fingerprint density at radius 2 is 1.72 bits per heavy atom. The highest BCUT2D eigenvalue weighted by Crippen LogP contribution is 2.47. The van der Waals surface area contributed by atoms with Crippen molar-refractivity contribution in [2.24, 2.45) is 5.92 Å². The van der Waals surface area contributed by atoms with Gasteiger partial charge in [-0.15, -0.1) is 0 Å². The van der Waals surface area contributed by atoms with E-state index in [2.05, 4.69) is 62.2 Å². The van der Waals surface area contributed by atoms with Crippen molar-refractivity contribution >= 4 is 5.78 Å². The average Bonchev–Trinajstić information content (AvgIpc) is 2.83. The van der Waals surface area contributed by atoms with Crippen LogP contribution in [0.1, 0.15) is 52.2 Å². The van der Waals surface area contributed by atoms with Gasteiger partial charge in [-0.2, -0.15) is 0 Å². The molecule has 2 heteroatoms. The molecule has 2 nitrogen and oxygen atoms in total. The monoisotopic (exact) mass is 333 g/mol. The van der Waals surface area contributed by atoms with E-state index in [-0.39, 0.29) is 5.92 Å². The Balaban J connectivity index is 1.75. The number of hydrogen-bond donors (Lipinski definition) is 0. The zero-order chi connectivity index (χ0) is 17.6. The smallest absolute Gasteiger partial charge is 0.168 e. The van der Waals surface area contributed by atoms with Crippen molar-refractivity contribution in [2.45, 2.75) is 51.1 Å². The highest BCUT2D eigenvalue weighted by molar-refractivity contribution is 5.99. The third-order valence-corrected chi connectivity index (χ3v) is 6.34. The van der Waals surface area contributed by atoms with Crippen LogP contribution in [-0.4, -0.2) is 29.8 Å². The van der Waals surface area contributed by atoms with Gasteiger partial charge >= 0.3 is 0 Å². The lowest BCUT2D eigenvalue weighted by molar-refractivity contribution is 0.0643. The second kappa shape index (κ2) is 6.42. The second-order valence-corrected chi connectivity index (χ2v) is 7.98. The summed E-state index contributed by atoms with van der Waals surface area (Å²) in [5.41, 5.74) is 4.66. The summed E-state index contributed by atoms with van der Waals surface area (Å²) in [7, 11) is 2.21. The van der Waals surface area contributed by atoms with Gasteiger partial charge in [0.15, 0.2) is 5.78 Å². The SMILES string of the molecule is Cc1cccc(C(=O)[C@H]2C(c3cccc(C)c3)C[C@H]3CCC2N3C)c1. The van der Waals surface area contributed by atoms with Crippen molar-refractivity contribution in [3.8, 4) is 0 Å². The molecular formula is C23H27NO. The Hall–Kier alpha value is -1.93. The number of hydrogen-bond acceptors (Lipinski definition) is 2. The zero-order valence-corrected chi connectivity index (χ0v) is 15.4. The van der Waals surface area contributed by atoms with Gasteiger partial charge in [0.25, 0.3) is 0 Å². The first kappa shape index (κ1) is 16.5. The molecule has 0 radical (unpaired) electrons. The average molecular weight is 333 g/mol. The minimum absolute atomic E-state index is 0.0624. The highest BCUT2D eigenvalue weighted by atomic mass is 16.1. The fraction of sp³-hybridized carbons (Fsp3) is 0.435. The molecule has 4 rings (SSSR count).